The standard InChI is InChI=1S/C23H17F5/c1-15-2-6-18(7-3-15)19-8-4-16(5-9-19)12-17-13-21(24)20(22(25)14-17)10-11-23(26,27)28/h2-11,13-14H,12H2,1H3/b11-10+. The zero-order valence-corrected chi connectivity index (χ0v) is 15.0. The molecule has 0 aliphatic rings. The van der Waals surface area contributed by atoms with Gasteiger partial charge in [0.25, 0.3) is 0 Å². The van der Waals surface area contributed by atoms with Crippen molar-refractivity contribution >= 4 is 6.08 Å². The third kappa shape index (κ3) is 5.06. The molecule has 3 aromatic carbocycles. The molecule has 0 radical (unpaired) electrons. The molecule has 0 aliphatic heterocycles. The fraction of sp³-hybridized carbons (Fsp3) is 0.130. The maximum atomic E-state index is 14.0. The number of hydrogen-bond donors (Lipinski definition) is 0. The first kappa shape index (κ1) is 19.8. The lowest BCUT2D eigenvalue weighted by molar-refractivity contribution is -0.0790. The molecule has 0 saturated carbocycles. The molecule has 3 rings (SSSR count). The van der Waals surface area contributed by atoms with Crippen molar-refractivity contribution < 1.29 is 22.0 Å². The Morgan fingerprint density at radius 2 is 1.25 bits per heavy atom. The number of rotatable bonds is 4. The van der Waals surface area contributed by atoms with Gasteiger partial charge >= 0.3 is 6.18 Å². The van der Waals surface area contributed by atoms with Gasteiger partial charge in [-0.25, -0.2) is 8.78 Å². The van der Waals surface area contributed by atoms with Crippen LogP contribution in [0.25, 0.3) is 17.2 Å². The zero-order valence-electron chi connectivity index (χ0n) is 15.0. The smallest absolute Gasteiger partial charge is 0.206 e. The van der Waals surface area contributed by atoms with E-state index in [1.54, 1.807) is 0 Å². The SMILES string of the molecule is Cc1ccc(-c2ccc(Cc3cc(F)c(/C=C/C(F)(F)F)c(F)c3)cc2)cc1. The summed E-state index contributed by atoms with van der Waals surface area (Å²) in [6, 6.07) is 17.8. The fourth-order valence-corrected chi connectivity index (χ4v) is 2.87. The summed E-state index contributed by atoms with van der Waals surface area (Å²) in [5, 5.41) is 0. The van der Waals surface area contributed by atoms with Crippen LogP contribution in [0.5, 0.6) is 0 Å². The summed E-state index contributed by atoms with van der Waals surface area (Å²) >= 11 is 0. The largest absolute Gasteiger partial charge is 0.409 e. The lowest BCUT2D eigenvalue weighted by Gasteiger charge is -2.08. The molecule has 0 aliphatic carbocycles. The number of allylic oxidation sites excluding steroid dienone is 1. The van der Waals surface area contributed by atoms with E-state index in [0.717, 1.165) is 34.4 Å². The molecule has 0 bridgehead atoms. The number of benzene rings is 3. The summed E-state index contributed by atoms with van der Waals surface area (Å²) in [5.74, 6) is -2.04. The van der Waals surface area contributed by atoms with E-state index in [1.807, 2.05) is 55.5 Å². The van der Waals surface area contributed by atoms with Crippen molar-refractivity contribution in [1.82, 2.24) is 0 Å². The first-order valence-electron chi connectivity index (χ1n) is 8.61. The molecule has 0 saturated heterocycles. The van der Waals surface area contributed by atoms with Crippen LogP contribution in [-0.4, -0.2) is 6.18 Å². The van der Waals surface area contributed by atoms with Crippen molar-refractivity contribution in [3.8, 4) is 11.1 Å². The second-order valence-corrected chi connectivity index (χ2v) is 6.59. The van der Waals surface area contributed by atoms with Crippen molar-refractivity contribution in [2.45, 2.75) is 19.5 Å². The Morgan fingerprint density at radius 3 is 1.75 bits per heavy atom. The molecule has 0 unspecified atom stereocenters. The van der Waals surface area contributed by atoms with Crippen molar-refractivity contribution in [2.75, 3.05) is 0 Å². The van der Waals surface area contributed by atoms with Gasteiger partial charge in [0.2, 0.25) is 0 Å². The highest BCUT2D eigenvalue weighted by molar-refractivity contribution is 5.64. The Kier molecular flexibility index (Phi) is 5.63. The van der Waals surface area contributed by atoms with E-state index in [0.29, 0.717) is 11.6 Å². The topological polar surface area (TPSA) is 0 Å². The van der Waals surface area contributed by atoms with Crippen LogP contribution in [0.3, 0.4) is 0 Å². The van der Waals surface area contributed by atoms with Gasteiger partial charge in [-0.3, -0.25) is 0 Å². The van der Waals surface area contributed by atoms with E-state index < -0.39 is 23.4 Å². The van der Waals surface area contributed by atoms with E-state index in [9.17, 15) is 22.0 Å². The van der Waals surface area contributed by atoms with Crippen LogP contribution in [0, 0.1) is 18.6 Å². The van der Waals surface area contributed by atoms with E-state index in [4.69, 9.17) is 0 Å². The summed E-state index contributed by atoms with van der Waals surface area (Å²) in [6.07, 6.45) is -4.13. The molecule has 28 heavy (non-hydrogen) atoms. The van der Waals surface area contributed by atoms with E-state index in [-0.39, 0.29) is 12.5 Å². The van der Waals surface area contributed by atoms with Gasteiger partial charge in [-0.15, -0.1) is 0 Å². The average Bonchev–Trinajstić information content (AvgIpc) is 2.61. The molecule has 0 N–H and O–H groups in total. The van der Waals surface area contributed by atoms with Gasteiger partial charge in [0, 0.05) is 11.6 Å². The van der Waals surface area contributed by atoms with Gasteiger partial charge in [0.15, 0.2) is 0 Å². The molecule has 0 spiro atoms. The van der Waals surface area contributed by atoms with Crippen LogP contribution in [0.1, 0.15) is 22.3 Å². The zero-order chi connectivity index (χ0) is 20.3. The minimum atomic E-state index is -4.63. The van der Waals surface area contributed by atoms with Gasteiger partial charge in [-0.2, -0.15) is 13.2 Å². The summed E-state index contributed by atoms with van der Waals surface area (Å²) in [7, 11) is 0. The second kappa shape index (κ2) is 7.97. The predicted octanol–water partition coefficient (Wildman–Crippen LogP) is 7.11. The third-order valence-electron chi connectivity index (χ3n) is 4.32. The quantitative estimate of drug-likeness (QED) is 0.418. The van der Waals surface area contributed by atoms with E-state index in [2.05, 4.69) is 0 Å². The molecular weight excluding hydrogens is 371 g/mol. The van der Waals surface area contributed by atoms with Crippen LogP contribution in [-0.2, 0) is 6.42 Å². The molecule has 3 aromatic rings. The minimum Gasteiger partial charge on any atom is -0.206 e. The van der Waals surface area contributed by atoms with Crippen molar-refractivity contribution in [3.05, 3.63) is 101 Å². The maximum Gasteiger partial charge on any atom is 0.409 e. The lowest BCUT2D eigenvalue weighted by Crippen LogP contribution is -2.01. The Labute approximate surface area is 160 Å². The fourth-order valence-electron chi connectivity index (χ4n) is 2.87. The highest BCUT2D eigenvalue weighted by Gasteiger charge is 2.22. The summed E-state index contributed by atoms with van der Waals surface area (Å²) < 4.78 is 64.7. The molecule has 0 amide bonds. The molecule has 0 heterocycles. The summed E-state index contributed by atoms with van der Waals surface area (Å²) in [4.78, 5) is 0. The number of halogens is 5. The van der Waals surface area contributed by atoms with Gasteiger partial charge in [-0.1, -0.05) is 54.1 Å². The summed E-state index contributed by atoms with van der Waals surface area (Å²) in [6.45, 7) is 2.01. The van der Waals surface area contributed by atoms with Crippen molar-refractivity contribution in [1.29, 1.82) is 0 Å². The van der Waals surface area contributed by atoms with Gasteiger partial charge in [0.05, 0.1) is 0 Å². The Balaban J connectivity index is 1.78. The Bertz CT molecular complexity index is 958. The highest BCUT2D eigenvalue weighted by atomic mass is 19.4. The predicted molar refractivity (Wildman–Crippen MR) is 101 cm³/mol. The highest BCUT2D eigenvalue weighted by Crippen LogP contribution is 2.24. The average molecular weight is 388 g/mol. The van der Waals surface area contributed by atoms with Crippen LogP contribution < -0.4 is 0 Å². The van der Waals surface area contributed by atoms with Crippen molar-refractivity contribution in [2.24, 2.45) is 0 Å². The van der Waals surface area contributed by atoms with Crippen LogP contribution in [0.15, 0.2) is 66.7 Å². The Hall–Kier alpha value is -2.95. The van der Waals surface area contributed by atoms with Gasteiger partial charge in [-0.05, 0) is 53.8 Å². The molecular formula is C23H17F5. The molecule has 0 atom stereocenters. The first-order chi connectivity index (χ1) is 13.2. The van der Waals surface area contributed by atoms with E-state index >= 15 is 0 Å². The first-order valence-corrected chi connectivity index (χ1v) is 8.61. The number of alkyl halides is 3. The molecule has 144 valence electrons. The second-order valence-electron chi connectivity index (χ2n) is 6.59. The van der Waals surface area contributed by atoms with Gasteiger partial charge < -0.3 is 0 Å². The maximum absolute atomic E-state index is 14.0. The molecule has 0 nitrogen and oxygen atoms in total. The van der Waals surface area contributed by atoms with Gasteiger partial charge in [0.1, 0.15) is 11.6 Å². The summed E-state index contributed by atoms with van der Waals surface area (Å²) in [5.41, 5.74) is 3.74. The monoisotopic (exact) mass is 388 g/mol. The third-order valence-corrected chi connectivity index (χ3v) is 4.32. The lowest BCUT2D eigenvalue weighted by atomic mass is 9.99. The molecule has 0 fully saturated rings. The van der Waals surface area contributed by atoms with Crippen LogP contribution >= 0.6 is 0 Å². The number of hydrogen-bond acceptors (Lipinski definition) is 0. The normalized spacial score (nSPS) is 11.9. The minimum absolute atomic E-state index is 0.183. The molecule has 5 heteroatoms. The van der Waals surface area contributed by atoms with E-state index in [1.165, 1.54) is 0 Å². The molecule has 0 aromatic heterocycles. The Morgan fingerprint density at radius 1 is 0.750 bits per heavy atom. The number of aryl methyl sites for hydroxylation is 1. The van der Waals surface area contributed by atoms with Crippen LogP contribution in [0.4, 0.5) is 22.0 Å². The van der Waals surface area contributed by atoms with Crippen LogP contribution in [0.2, 0.25) is 0 Å². The van der Waals surface area contributed by atoms with Crippen molar-refractivity contribution in [3.63, 3.8) is 0 Å².